The Labute approximate surface area is 202 Å². The smallest absolute Gasteiger partial charge is 0.303 e. The molecule has 34 heavy (non-hydrogen) atoms. The third-order valence-corrected chi connectivity index (χ3v) is 7.06. The fourth-order valence-corrected chi connectivity index (χ4v) is 5.20. The van der Waals surface area contributed by atoms with E-state index in [1.54, 1.807) is 24.9 Å². The molecule has 178 valence electrons. The van der Waals surface area contributed by atoms with Crippen LogP contribution in [0.3, 0.4) is 0 Å². The summed E-state index contributed by atoms with van der Waals surface area (Å²) in [5.74, 6) is 6.19. The molecule has 0 bridgehead atoms. The zero-order valence-electron chi connectivity index (χ0n) is 19.1. The molecule has 1 N–H and O–H groups in total. The first-order valence-corrected chi connectivity index (χ1v) is 12.4. The van der Waals surface area contributed by atoms with Crippen LogP contribution in [0, 0.1) is 23.7 Å². The van der Waals surface area contributed by atoms with Gasteiger partial charge in [0.15, 0.2) is 0 Å². The molecular weight excluding hydrogens is 453 g/mol. The summed E-state index contributed by atoms with van der Waals surface area (Å²) < 4.78 is 20.7. The SMILES string of the molecule is COc1ccc2nccc(C(F)CC[C@@H]3CCN(CC#Cc4cscn4)C[C@@H]3CC(=O)O)c2c1. The number of piperidine rings is 1. The van der Waals surface area contributed by atoms with Crippen molar-refractivity contribution in [1.82, 2.24) is 14.9 Å². The second-order valence-corrected chi connectivity index (χ2v) is 9.36. The average Bonchev–Trinajstić information content (AvgIpc) is 3.36. The molecule has 0 saturated carbocycles. The lowest BCUT2D eigenvalue weighted by molar-refractivity contribution is -0.139. The molecule has 8 heteroatoms. The molecule has 3 atom stereocenters. The number of benzene rings is 1. The van der Waals surface area contributed by atoms with Crippen LogP contribution >= 0.6 is 11.3 Å². The molecule has 4 rings (SSSR count). The fourth-order valence-electron chi connectivity index (χ4n) is 4.71. The maximum absolute atomic E-state index is 15.4. The fraction of sp³-hybridized carbons (Fsp3) is 0.423. The number of pyridine rings is 1. The number of halogens is 1. The predicted molar refractivity (Wildman–Crippen MR) is 131 cm³/mol. The maximum atomic E-state index is 15.4. The van der Waals surface area contributed by atoms with Gasteiger partial charge in [0.05, 0.1) is 24.7 Å². The quantitative estimate of drug-likeness (QED) is 0.459. The minimum absolute atomic E-state index is 0.0196. The second-order valence-electron chi connectivity index (χ2n) is 8.65. The third kappa shape index (κ3) is 6.10. The monoisotopic (exact) mass is 481 g/mol. The van der Waals surface area contributed by atoms with E-state index in [4.69, 9.17) is 4.74 Å². The number of aromatic nitrogens is 2. The van der Waals surface area contributed by atoms with Crippen LogP contribution in [0.2, 0.25) is 0 Å². The summed E-state index contributed by atoms with van der Waals surface area (Å²) >= 11 is 1.51. The van der Waals surface area contributed by atoms with Crippen molar-refractivity contribution in [3.05, 3.63) is 52.6 Å². The molecule has 2 aromatic heterocycles. The zero-order chi connectivity index (χ0) is 23.9. The van der Waals surface area contributed by atoms with E-state index in [0.717, 1.165) is 29.6 Å². The van der Waals surface area contributed by atoms with Gasteiger partial charge in [-0.05, 0) is 73.4 Å². The molecule has 1 aromatic carbocycles. The highest BCUT2D eigenvalue weighted by Gasteiger charge is 2.31. The summed E-state index contributed by atoms with van der Waals surface area (Å²) in [4.78, 5) is 22.2. The van der Waals surface area contributed by atoms with Crippen LogP contribution in [-0.4, -0.2) is 52.7 Å². The molecule has 0 spiro atoms. The molecule has 1 aliphatic heterocycles. The Morgan fingerprint density at radius 2 is 2.24 bits per heavy atom. The molecule has 3 aromatic rings. The number of fused-ring (bicyclic) bond motifs is 1. The number of carbonyl (C=O) groups is 1. The number of hydrogen-bond donors (Lipinski definition) is 1. The van der Waals surface area contributed by atoms with E-state index in [0.29, 0.717) is 37.2 Å². The van der Waals surface area contributed by atoms with E-state index in [1.165, 1.54) is 11.3 Å². The Morgan fingerprint density at radius 1 is 1.35 bits per heavy atom. The first-order valence-electron chi connectivity index (χ1n) is 11.4. The number of rotatable bonds is 8. The van der Waals surface area contributed by atoms with Gasteiger partial charge in [-0.15, -0.1) is 11.3 Å². The summed E-state index contributed by atoms with van der Waals surface area (Å²) in [6, 6.07) is 7.20. The zero-order valence-corrected chi connectivity index (χ0v) is 19.9. The number of hydrogen-bond acceptors (Lipinski definition) is 6. The normalized spacial score (nSPS) is 19.4. The van der Waals surface area contributed by atoms with E-state index in [9.17, 15) is 9.90 Å². The van der Waals surface area contributed by atoms with Gasteiger partial charge >= 0.3 is 5.97 Å². The summed E-state index contributed by atoms with van der Waals surface area (Å²) in [5, 5.41) is 12.1. The summed E-state index contributed by atoms with van der Waals surface area (Å²) in [7, 11) is 1.59. The largest absolute Gasteiger partial charge is 0.497 e. The second kappa shape index (κ2) is 11.4. The number of nitrogens with zero attached hydrogens (tertiary/aromatic N) is 3. The van der Waals surface area contributed by atoms with Crippen molar-refractivity contribution >= 4 is 28.2 Å². The van der Waals surface area contributed by atoms with Gasteiger partial charge in [0.1, 0.15) is 17.6 Å². The predicted octanol–water partition coefficient (Wildman–Crippen LogP) is 4.96. The van der Waals surface area contributed by atoms with Crippen LogP contribution in [-0.2, 0) is 4.79 Å². The Morgan fingerprint density at radius 3 is 3.00 bits per heavy atom. The average molecular weight is 482 g/mol. The minimum Gasteiger partial charge on any atom is -0.497 e. The van der Waals surface area contributed by atoms with Crippen molar-refractivity contribution < 1.29 is 19.0 Å². The molecule has 0 amide bonds. The first-order chi connectivity index (χ1) is 16.5. The van der Waals surface area contributed by atoms with E-state index < -0.39 is 12.1 Å². The lowest BCUT2D eigenvalue weighted by Gasteiger charge is -2.37. The standard InChI is InChI=1S/C26H28FN3O3S/c1-33-21-5-7-25-23(14-21)22(8-10-28-25)24(27)6-4-18-9-12-30(15-19(18)13-26(31)32)11-2-3-20-16-34-17-29-20/h5,7-8,10,14,16-19,24H,4,6,9,11-13,15H2,1H3,(H,31,32)/t18-,19+,24?/m1/s1. The molecule has 1 saturated heterocycles. The van der Waals surface area contributed by atoms with E-state index in [-0.39, 0.29) is 18.3 Å². The van der Waals surface area contributed by atoms with Gasteiger partial charge in [-0.2, -0.15) is 0 Å². The number of alkyl halides is 1. The van der Waals surface area contributed by atoms with Crippen molar-refractivity contribution in [2.45, 2.75) is 31.9 Å². The summed E-state index contributed by atoms with van der Waals surface area (Å²) in [6.45, 7) is 2.07. The number of carboxylic acids is 1. The molecule has 0 aliphatic carbocycles. The molecule has 1 fully saturated rings. The van der Waals surface area contributed by atoms with Crippen LogP contribution in [0.25, 0.3) is 10.9 Å². The molecule has 1 unspecified atom stereocenters. The van der Waals surface area contributed by atoms with Crippen molar-refractivity contribution in [1.29, 1.82) is 0 Å². The molecule has 0 radical (unpaired) electrons. The van der Waals surface area contributed by atoms with Crippen molar-refractivity contribution in [3.63, 3.8) is 0 Å². The molecular formula is C26H28FN3O3S. The highest BCUT2D eigenvalue weighted by Crippen LogP contribution is 2.36. The Hall–Kier alpha value is -3.02. The van der Waals surface area contributed by atoms with Gasteiger partial charge in [-0.25, -0.2) is 9.37 Å². The van der Waals surface area contributed by atoms with Crippen molar-refractivity contribution in [2.75, 3.05) is 26.7 Å². The lowest BCUT2D eigenvalue weighted by atomic mass is 9.79. The van der Waals surface area contributed by atoms with Crippen molar-refractivity contribution in [3.8, 4) is 17.6 Å². The van der Waals surface area contributed by atoms with Gasteiger partial charge in [0.2, 0.25) is 0 Å². The minimum atomic E-state index is -1.15. The highest BCUT2D eigenvalue weighted by atomic mass is 32.1. The van der Waals surface area contributed by atoms with Crippen LogP contribution in [0.4, 0.5) is 4.39 Å². The van der Waals surface area contributed by atoms with Crippen LogP contribution in [0.1, 0.15) is 43.1 Å². The van der Waals surface area contributed by atoms with Crippen molar-refractivity contribution in [2.24, 2.45) is 11.8 Å². The van der Waals surface area contributed by atoms with Crippen LogP contribution in [0.15, 0.2) is 41.4 Å². The van der Waals surface area contributed by atoms with E-state index in [1.807, 2.05) is 23.6 Å². The molecule has 3 heterocycles. The number of carboxylic acid groups (broad SMARTS) is 1. The van der Waals surface area contributed by atoms with E-state index in [2.05, 4.69) is 26.7 Å². The number of aliphatic carboxylic acids is 1. The van der Waals surface area contributed by atoms with Gasteiger partial charge in [-0.3, -0.25) is 14.7 Å². The molecule has 1 aliphatic rings. The third-order valence-electron chi connectivity index (χ3n) is 6.47. The first kappa shape index (κ1) is 24.1. The van der Waals surface area contributed by atoms with Crippen LogP contribution in [0.5, 0.6) is 5.75 Å². The Kier molecular flexibility index (Phi) is 8.09. The van der Waals surface area contributed by atoms with Gasteiger partial charge in [-0.1, -0.05) is 5.92 Å². The number of likely N-dealkylation sites (tertiary alicyclic amines) is 1. The summed E-state index contributed by atoms with van der Waals surface area (Å²) in [6.07, 6.45) is 2.41. The molecule has 6 nitrogen and oxygen atoms in total. The number of methoxy groups -OCH3 is 1. The van der Waals surface area contributed by atoms with Gasteiger partial charge < -0.3 is 9.84 Å². The number of thiazole rings is 1. The Balaban J connectivity index is 1.39. The highest BCUT2D eigenvalue weighted by molar-refractivity contribution is 7.07. The van der Waals surface area contributed by atoms with Gasteiger partial charge in [0.25, 0.3) is 0 Å². The topological polar surface area (TPSA) is 75.5 Å². The van der Waals surface area contributed by atoms with Gasteiger partial charge in [0, 0.05) is 29.9 Å². The summed E-state index contributed by atoms with van der Waals surface area (Å²) in [5.41, 5.74) is 3.85. The number of ether oxygens (including phenoxy) is 1. The maximum Gasteiger partial charge on any atom is 0.303 e. The van der Waals surface area contributed by atoms with E-state index >= 15 is 4.39 Å². The lowest BCUT2D eigenvalue weighted by Crippen LogP contribution is -2.41. The Bertz CT molecular complexity index is 1170. The van der Waals surface area contributed by atoms with Crippen LogP contribution < -0.4 is 4.74 Å².